The van der Waals surface area contributed by atoms with Gasteiger partial charge in [-0.2, -0.15) is 0 Å². The molecule has 28 heavy (non-hydrogen) atoms. The van der Waals surface area contributed by atoms with Gasteiger partial charge in [0, 0.05) is 13.1 Å². The highest BCUT2D eigenvalue weighted by Gasteiger charge is 2.26. The first-order valence-electron chi connectivity index (χ1n) is 10.2. The molecule has 5 nitrogen and oxygen atoms in total. The van der Waals surface area contributed by atoms with Gasteiger partial charge in [-0.25, -0.2) is 4.79 Å². The Morgan fingerprint density at radius 2 is 1.64 bits per heavy atom. The molecule has 1 N–H and O–H groups in total. The van der Waals surface area contributed by atoms with Crippen molar-refractivity contribution in [3.05, 3.63) is 35.9 Å². The number of carbonyl (C=O) groups excluding carboxylic acids is 2. The summed E-state index contributed by atoms with van der Waals surface area (Å²) in [5, 5.41) is 2.79. The maximum absolute atomic E-state index is 13.0. The number of rotatable bonds is 10. The number of ether oxygens (including phenoxy) is 1. The van der Waals surface area contributed by atoms with Crippen molar-refractivity contribution in [2.75, 3.05) is 13.1 Å². The van der Waals surface area contributed by atoms with Crippen molar-refractivity contribution < 1.29 is 14.3 Å². The molecule has 0 aromatic heterocycles. The summed E-state index contributed by atoms with van der Waals surface area (Å²) in [6.45, 7) is 15.7. The van der Waals surface area contributed by atoms with Crippen LogP contribution in [0.3, 0.4) is 0 Å². The van der Waals surface area contributed by atoms with E-state index in [1.807, 2.05) is 52.8 Å². The smallest absolute Gasteiger partial charge is 0.408 e. The summed E-state index contributed by atoms with van der Waals surface area (Å²) in [6, 6.07) is 9.61. The Hall–Kier alpha value is -1.88. The summed E-state index contributed by atoms with van der Waals surface area (Å²) in [4.78, 5) is 27.4. The quantitative estimate of drug-likeness (QED) is 0.631. The van der Waals surface area contributed by atoms with E-state index in [4.69, 9.17) is 4.74 Å². The van der Waals surface area contributed by atoms with E-state index < -0.39 is 17.7 Å². The van der Waals surface area contributed by atoms with E-state index in [-0.39, 0.29) is 11.7 Å². The van der Waals surface area contributed by atoms with Crippen LogP contribution in [0.4, 0.5) is 4.79 Å². The van der Waals surface area contributed by atoms with Crippen LogP contribution < -0.4 is 5.32 Å². The Bertz CT molecular complexity index is 606. The summed E-state index contributed by atoms with van der Waals surface area (Å²) < 4.78 is 5.35. The van der Waals surface area contributed by atoms with Crippen LogP contribution in [0.15, 0.2) is 30.3 Å². The molecule has 1 rings (SSSR count). The van der Waals surface area contributed by atoms with E-state index >= 15 is 0 Å². The van der Waals surface area contributed by atoms with Gasteiger partial charge in [-0.15, -0.1) is 0 Å². The average molecular weight is 391 g/mol. The van der Waals surface area contributed by atoms with Crippen molar-refractivity contribution >= 4 is 11.9 Å². The number of carbonyl (C=O) groups is 2. The van der Waals surface area contributed by atoms with Crippen molar-refractivity contribution in [2.24, 2.45) is 11.8 Å². The number of nitrogens with one attached hydrogen (secondary N) is 1. The lowest BCUT2D eigenvalue weighted by molar-refractivity contribution is -0.122. The zero-order valence-electron chi connectivity index (χ0n) is 18.6. The lowest BCUT2D eigenvalue weighted by Crippen LogP contribution is -2.48. The van der Waals surface area contributed by atoms with Gasteiger partial charge < -0.3 is 10.1 Å². The highest BCUT2D eigenvalue weighted by Crippen LogP contribution is 2.13. The summed E-state index contributed by atoms with van der Waals surface area (Å²) in [5.74, 6) is 0.756. The highest BCUT2D eigenvalue weighted by molar-refractivity contribution is 5.89. The largest absolute Gasteiger partial charge is 0.444 e. The van der Waals surface area contributed by atoms with Gasteiger partial charge in [0.25, 0.3) is 0 Å². The van der Waals surface area contributed by atoms with Crippen LogP contribution in [-0.4, -0.2) is 41.5 Å². The van der Waals surface area contributed by atoms with Gasteiger partial charge in [-0.3, -0.25) is 9.69 Å². The normalized spacial score (nSPS) is 13.1. The Kier molecular flexibility index (Phi) is 9.66. The van der Waals surface area contributed by atoms with Gasteiger partial charge in [-0.05, 0) is 44.6 Å². The molecule has 0 heterocycles. The Morgan fingerprint density at radius 3 is 2.14 bits per heavy atom. The van der Waals surface area contributed by atoms with Gasteiger partial charge in [0.1, 0.15) is 5.60 Å². The maximum atomic E-state index is 13.0. The molecule has 0 saturated carbocycles. The molecule has 1 atom stereocenters. The summed E-state index contributed by atoms with van der Waals surface area (Å²) in [7, 11) is 0. The van der Waals surface area contributed by atoms with Gasteiger partial charge in [0.05, 0.1) is 12.6 Å². The second kappa shape index (κ2) is 11.2. The molecule has 0 aliphatic rings. The van der Waals surface area contributed by atoms with Crippen LogP contribution in [0.5, 0.6) is 0 Å². The molecule has 0 spiro atoms. The van der Waals surface area contributed by atoms with Crippen LogP contribution in [0.25, 0.3) is 0 Å². The molecule has 5 heteroatoms. The molecule has 1 amide bonds. The molecular formula is C23H38N2O3. The molecule has 0 radical (unpaired) electrons. The Morgan fingerprint density at radius 1 is 1.04 bits per heavy atom. The third kappa shape index (κ3) is 10.5. The summed E-state index contributed by atoms with van der Waals surface area (Å²) in [6.07, 6.45) is 0.0591. The lowest BCUT2D eigenvalue weighted by atomic mass is 9.99. The maximum Gasteiger partial charge on any atom is 0.408 e. The van der Waals surface area contributed by atoms with E-state index in [0.717, 1.165) is 6.54 Å². The van der Waals surface area contributed by atoms with Crippen molar-refractivity contribution in [3.63, 3.8) is 0 Å². The van der Waals surface area contributed by atoms with E-state index in [2.05, 4.69) is 36.2 Å². The van der Waals surface area contributed by atoms with E-state index in [1.165, 1.54) is 5.56 Å². The third-order valence-electron chi connectivity index (χ3n) is 4.04. The second-order valence-electron chi connectivity index (χ2n) is 9.34. The minimum atomic E-state index is -0.591. The first kappa shape index (κ1) is 24.2. The standard InChI is InChI=1S/C23H38N2O3/c1-17(2)13-20(24-22(27)28-23(5,6)7)21(26)16-25(14-18(3)4)15-19-11-9-8-10-12-19/h8-12,17-18,20H,13-16H2,1-7H3,(H,24,27)/t20-/m0/s1. The van der Waals surface area contributed by atoms with Crippen LogP contribution in [0.1, 0.15) is 60.5 Å². The fourth-order valence-corrected chi connectivity index (χ4v) is 3.07. The zero-order chi connectivity index (χ0) is 21.3. The molecule has 0 bridgehead atoms. The predicted octanol–water partition coefficient (Wildman–Crippen LogP) is 4.65. The summed E-state index contributed by atoms with van der Waals surface area (Å²) >= 11 is 0. The van der Waals surface area contributed by atoms with Gasteiger partial charge in [0.15, 0.2) is 5.78 Å². The number of Topliss-reactive ketones (excluding diaryl/α,β-unsaturated/α-hetero) is 1. The number of ketones is 1. The number of amides is 1. The SMILES string of the molecule is CC(C)C[C@H](NC(=O)OC(C)(C)C)C(=O)CN(Cc1ccccc1)CC(C)C. The molecule has 1 aromatic rings. The fourth-order valence-electron chi connectivity index (χ4n) is 3.07. The first-order valence-corrected chi connectivity index (χ1v) is 10.2. The molecular weight excluding hydrogens is 352 g/mol. The molecule has 0 fully saturated rings. The molecule has 1 aromatic carbocycles. The number of hydrogen-bond acceptors (Lipinski definition) is 4. The van der Waals surface area contributed by atoms with Crippen molar-refractivity contribution in [2.45, 2.75) is 73.1 Å². The number of nitrogens with zero attached hydrogens (tertiary/aromatic N) is 1. The molecule has 0 unspecified atom stereocenters. The molecule has 0 aliphatic heterocycles. The van der Waals surface area contributed by atoms with Crippen molar-refractivity contribution in [1.82, 2.24) is 10.2 Å². The second-order valence-corrected chi connectivity index (χ2v) is 9.34. The number of benzene rings is 1. The van der Waals surface area contributed by atoms with Crippen LogP contribution >= 0.6 is 0 Å². The fraction of sp³-hybridized carbons (Fsp3) is 0.652. The van der Waals surface area contributed by atoms with Crippen LogP contribution in [-0.2, 0) is 16.1 Å². The first-order chi connectivity index (χ1) is 13.0. The summed E-state index contributed by atoms with van der Waals surface area (Å²) in [5.41, 5.74) is 0.587. The minimum absolute atomic E-state index is 0.0242. The van der Waals surface area contributed by atoms with E-state index in [1.54, 1.807) is 0 Å². The van der Waals surface area contributed by atoms with Gasteiger partial charge >= 0.3 is 6.09 Å². The topological polar surface area (TPSA) is 58.6 Å². The van der Waals surface area contributed by atoms with E-state index in [9.17, 15) is 9.59 Å². The minimum Gasteiger partial charge on any atom is -0.444 e. The van der Waals surface area contributed by atoms with Crippen molar-refractivity contribution in [3.8, 4) is 0 Å². The lowest BCUT2D eigenvalue weighted by Gasteiger charge is -2.28. The van der Waals surface area contributed by atoms with Gasteiger partial charge in [0.2, 0.25) is 0 Å². The number of alkyl carbamates (subject to hydrolysis) is 1. The molecule has 0 saturated heterocycles. The molecule has 158 valence electrons. The average Bonchev–Trinajstić information content (AvgIpc) is 2.52. The number of hydrogen-bond donors (Lipinski definition) is 1. The van der Waals surface area contributed by atoms with E-state index in [0.29, 0.717) is 25.4 Å². The molecule has 0 aliphatic carbocycles. The Balaban J connectivity index is 2.83. The van der Waals surface area contributed by atoms with Crippen LogP contribution in [0, 0.1) is 11.8 Å². The van der Waals surface area contributed by atoms with Crippen LogP contribution in [0.2, 0.25) is 0 Å². The third-order valence-corrected chi connectivity index (χ3v) is 4.04. The zero-order valence-corrected chi connectivity index (χ0v) is 18.6. The monoisotopic (exact) mass is 390 g/mol. The highest BCUT2D eigenvalue weighted by atomic mass is 16.6. The van der Waals surface area contributed by atoms with Gasteiger partial charge in [-0.1, -0.05) is 58.0 Å². The Labute approximate surface area is 170 Å². The predicted molar refractivity (Wildman–Crippen MR) is 114 cm³/mol. The van der Waals surface area contributed by atoms with Crippen molar-refractivity contribution in [1.29, 1.82) is 0 Å².